The highest BCUT2D eigenvalue weighted by atomic mass is 32.1. The van der Waals surface area contributed by atoms with Gasteiger partial charge in [-0.25, -0.2) is 0 Å². The predicted molar refractivity (Wildman–Crippen MR) is 109 cm³/mol. The van der Waals surface area contributed by atoms with Crippen molar-refractivity contribution in [3.05, 3.63) is 24.3 Å². The number of rotatable bonds is 7. The van der Waals surface area contributed by atoms with Gasteiger partial charge in [-0.3, -0.25) is 14.9 Å². The Hall–Kier alpha value is -2.48. The van der Waals surface area contributed by atoms with Gasteiger partial charge < -0.3 is 10.1 Å². The Labute approximate surface area is 168 Å². The van der Waals surface area contributed by atoms with Crippen molar-refractivity contribution in [3.63, 3.8) is 0 Å². The van der Waals surface area contributed by atoms with Crippen molar-refractivity contribution in [1.82, 2.24) is 15.5 Å². The maximum Gasteiger partial charge on any atom is 0.249 e. The first-order chi connectivity index (χ1) is 13.5. The maximum absolute atomic E-state index is 12.7. The molecule has 8 heteroatoms. The van der Waals surface area contributed by atoms with Crippen molar-refractivity contribution >= 4 is 28.3 Å². The Bertz CT molecular complexity index is 830. The molecule has 7 nitrogen and oxygen atoms in total. The van der Waals surface area contributed by atoms with E-state index in [0.717, 1.165) is 37.0 Å². The second-order valence-electron chi connectivity index (χ2n) is 7.35. The molecule has 28 heavy (non-hydrogen) atoms. The van der Waals surface area contributed by atoms with Gasteiger partial charge in [0.1, 0.15) is 16.8 Å². The van der Waals surface area contributed by atoms with Gasteiger partial charge in [-0.1, -0.05) is 50.2 Å². The quantitative estimate of drug-likeness (QED) is 0.739. The van der Waals surface area contributed by atoms with Crippen LogP contribution in [-0.4, -0.2) is 35.2 Å². The summed E-state index contributed by atoms with van der Waals surface area (Å²) >= 11 is 1.28. The number of ether oxygens (including phenoxy) is 1. The molecule has 0 spiro atoms. The first-order valence-electron chi connectivity index (χ1n) is 9.57. The van der Waals surface area contributed by atoms with Crippen molar-refractivity contribution in [2.24, 2.45) is 11.8 Å². The number of carbonyl (C=O) groups is 2. The Balaban J connectivity index is 1.66. The summed E-state index contributed by atoms with van der Waals surface area (Å²) in [5, 5.41) is 15.0. The van der Waals surface area contributed by atoms with Crippen LogP contribution in [-0.2, 0) is 9.59 Å². The predicted octanol–water partition coefficient (Wildman–Crippen LogP) is 3.48. The Morgan fingerprint density at radius 2 is 1.96 bits per heavy atom. The zero-order valence-corrected chi connectivity index (χ0v) is 17.2. The van der Waals surface area contributed by atoms with Gasteiger partial charge in [0.2, 0.25) is 16.9 Å². The molecule has 1 aliphatic rings. The van der Waals surface area contributed by atoms with Crippen LogP contribution >= 0.6 is 11.3 Å². The third-order valence-corrected chi connectivity index (χ3v) is 5.83. The van der Waals surface area contributed by atoms with Gasteiger partial charge in [0.25, 0.3) is 0 Å². The minimum Gasteiger partial charge on any atom is -0.497 e. The van der Waals surface area contributed by atoms with Crippen molar-refractivity contribution < 1.29 is 14.3 Å². The van der Waals surface area contributed by atoms with Gasteiger partial charge in [0.15, 0.2) is 0 Å². The topological polar surface area (TPSA) is 93.2 Å². The number of hydrogen-bond acceptors (Lipinski definition) is 6. The third-order valence-electron chi connectivity index (χ3n) is 4.94. The van der Waals surface area contributed by atoms with Gasteiger partial charge in [-0.05, 0) is 30.9 Å². The first-order valence-corrected chi connectivity index (χ1v) is 10.4. The summed E-state index contributed by atoms with van der Waals surface area (Å²) in [6.07, 6.45) is 3.96. The van der Waals surface area contributed by atoms with E-state index in [4.69, 9.17) is 4.74 Å². The molecule has 1 aliphatic carbocycles. The van der Waals surface area contributed by atoms with Gasteiger partial charge in [0, 0.05) is 11.5 Å². The third kappa shape index (κ3) is 4.86. The van der Waals surface area contributed by atoms with Crippen LogP contribution in [0.1, 0.15) is 39.5 Å². The van der Waals surface area contributed by atoms with Gasteiger partial charge in [0.05, 0.1) is 7.11 Å². The van der Waals surface area contributed by atoms with E-state index in [1.165, 1.54) is 11.3 Å². The van der Waals surface area contributed by atoms with Crippen LogP contribution in [0.25, 0.3) is 10.6 Å². The maximum atomic E-state index is 12.7. The molecule has 1 heterocycles. The summed E-state index contributed by atoms with van der Waals surface area (Å²) in [4.78, 5) is 25.2. The largest absolute Gasteiger partial charge is 0.497 e. The number of anilines is 1. The van der Waals surface area contributed by atoms with Crippen molar-refractivity contribution in [2.45, 2.75) is 45.6 Å². The number of nitrogens with one attached hydrogen (secondary N) is 2. The molecule has 1 atom stereocenters. The fraction of sp³-hybridized carbons (Fsp3) is 0.500. The van der Waals surface area contributed by atoms with E-state index in [-0.39, 0.29) is 23.7 Å². The fourth-order valence-corrected chi connectivity index (χ4v) is 4.07. The summed E-state index contributed by atoms with van der Waals surface area (Å²) in [6, 6.07) is 6.91. The van der Waals surface area contributed by atoms with Crippen LogP contribution in [0.3, 0.4) is 0 Å². The van der Waals surface area contributed by atoms with E-state index in [1.807, 2.05) is 38.1 Å². The van der Waals surface area contributed by atoms with Crippen LogP contribution in [0.5, 0.6) is 5.75 Å². The normalized spacial score (nSPS) is 15.4. The van der Waals surface area contributed by atoms with Gasteiger partial charge in [-0.15, -0.1) is 10.2 Å². The van der Waals surface area contributed by atoms with Crippen molar-refractivity contribution in [1.29, 1.82) is 0 Å². The number of carbonyl (C=O) groups excluding carboxylic acids is 2. The molecular formula is C20H26N4O3S. The zero-order chi connectivity index (χ0) is 20.1. The molecule has 3 rings (SSSR count). The van der Waals surface area contributed by atoms with Gasteiger partial charge >= 0.3 is 0 Å². The molecule has 1 aromatic heterocycles. The first kappa shape index (κ1) is 20.3. The smallest absolute Gasteiger partial charge is 0.249 e. The molecule has 0 saturated heterocycles. The summed E-state index contributed by atoms with van der Waals surface area (Å²) in [5.41, 5.74) is 0.868. The van der Waals surface area contributed by atoms with Crippen molar-refractivity contribution in [2.75, 3.05) is 12.4 Å². The highest BCUT2D eigenvalue weighted by Gasteiger charge is 2.29. The molecule has 1 fully saturated rings. The van der Waals surface area contributed by atoms with E-state index in [1.54, 1.807) is 7.11 Å². The lowest BCUT2D eigenvalue weighted by Gasteiger charge is -2.22. The lowest BCUT2D eigenvalue weighted by molar-refractivity contribution is -0.130. The summed E-state index contributed by atoms with van der Waals surface area (Å²) in [5.74, 6) is 0.425. The fourth-order valence-electron chi connectivity index (χ4n) is 3.32. The highest BCUT2D eigenvalue weighted by Crippen LogP contribution is 2.29. The summed E-state index contributed by atoms with van der Waals surface area (Å²) < 4.78 is 5.23. The van der Waals surface area contributed by atoms with Crippen molar-refractivity contribution in [3.8, 4) is 16.3 Å². The molecule has 2 aromatic rings. The minimum absolute atomic E-state index is 0.0234. The Morgan fingerprint density at radius 1 is 1.21 bits per heavy atom. The molecule has 0 aliphatic heterocycles. The van der Waals surface area contributed by atoms with Crippen LogP contribution in [0, 0.1) is 11.8 Å². The van der Waals surface area contributed by atoms with Crippen LogP contribution in [0.4, 0.5) is 5.13 Å². The number of hydrogen-bond donors (Lipinski definition) is 2. The average molecular weight is 403 g/mol. The highest BCUT2D eigenvalue weighted by molar-refractivity contribution is 7.18. The number of amides is 2. The molecule has 1 unspecified atom stereocenters. The minimum atomic E-state index is -0.600. The van der Waals surface area contributed by atoms with Crippen LogP contribution in [0.2, 0.25) is 0 Å². The second kappa shape index (κ2) is 9.14. The van der Waals surface area contributed by atoms with Crippen LogP contribution < -0.4 is 15.4 Å². The zero-order valence-electron chi connectivity index (χ0n) is 16.4. The Morgan fingerprint density at radius 3 is 2.64 bits per heavy atom. The average Bonchev–Trinajstić information content (AvgIpc) is 3.37. The summed E-state index contributed by atoms with van der Waals surface area (Å²) in [7, 11) is 1.61. The monoisotopic (exact) mass is 402 g/mol. The van der Waals surface area contributed by atoms with E-state index in [9.17, 15) is 9.59 Å². The Kier molecular flexibility index (Phi) is 6.61. The molecule has 0 bridgehead atoms. The van der Waals surface area contributed by atoms with E-state index in [2.05, 4.69) is 20.8 Å². The molecule has 2 amide bonds. The van der Waals surface area contributed by atoms with E-state index in [0.29, 0.717) is 10.1 Å². The van der Waals surface area contributed by atoms with E-state index >= 15 is 0 Å². The molecular weight excluding hydrogens is 376 g/mol. The molecule has 2 N–H and O–H groups in total. The number of benzene rings is 1. The van der Waals surface area contributed by atoms with E-state index < -0.39 is 6.04 Å². The lowest BCUT2D eigenvalue weighted by Crippen LogP contribution is -2.48. The SMILES string of the molecule is COc1cccc(-c2nnc(NC(=O)C(NC(=O)C3CCCC3)C(C)C)s2)c1. The number of nitrogens with zero attached hydrogens (tertiary/aromatic N) is 2. The summed E-state index contributed by atoms with van der Waals surface area (Å²) in [6.45, 7) is 3.84. The lowest BCUT2D eigenvalue weighted by atomic mass is 10.0. The molecule has 1 aromatic carbocycles. The standard InChI is InChI=1S/C20H26N4O3S/c1-12(2)16(21-17(25)13-7-4-5-8-13)18(26)22-20-24-23-19(28-20)14-9-6-10-15(11-14)27-3/h6,9-13,16H,4-5,7-8H2,1-3H3,(H,21,25)(H,22,24,26). The molecule has 0 radical (unpaired) electrons. The molecule has 150 valence electrons. The van der Waals surface area contributed by atoms with Gasteiger partial charge in [-0.2, -0.15) is 0 Å². The second-order valence-corrected chi connectivity index (χ2v) is 8.32. The number of aromatic nitrogens is 2. The van der Waals surface area contributed by atoms with Crippen LogP contribution in [0.15, 0.2) is 24.3 Å². The number of methoxy groups -OCH3 is 1. The molecule has 1 saturated carbocycles.